The molecule has 3 nitrogen and oxygen atoms in total. The van der Waals surface area contributed by atoms with Crippen molar-refractivity contribution in [3.63, 3.8) is 0 Å². The highest BCUT2D eigenvalue weighted by Crippen LogP contribution is 2.21. The Labute approximate surface area is 125 Å². The highest BCUT2D eigenvalue weighted by molar-refractivity contribution is 7.99. The molecule has 1 heterocycles. The smallest absolute Gasteiger partial charge is 0.222 e. The highest BCUT2D eigenvalue weighted by Gasteiger charge is 2.25. The molecule has 2 rings (SSSR count). The summed E-state index contributed by atoms with van der Waals surface area (Å²) in [6.45, 7) is 7.19. The normalized spacial score (nSPS) is 19.6. The molecule has 110 valence electrons. The molecule has 1 aromatic carbocycles. The molecule has 0 aromatic heterocycles. The summed E-state index contributed by atoms with van der Waals surface area (Å²) < 4.78 is 0. The van der Waals surface area contributed by atoms with Crippen molar-refractivity contribution in [1.29, 1.82) is 0 Å². The van der Waals surface area contributed by atoms with Gasteiger partial charge >= 0.3 is 0 Å². The zero-order valence-corrected chi connectivity index (χ0v) is 13.3. The van der Waals surface area contributed by atoms with Crippen LogP contribution >= 0.6 is 11.8 Å². The maximum absolute atomic E-state index is 12.2. The molecule has 1 aromatic rings. The lowest BCUT2D eigenvalue weighted by molar-refractivity contribution is -0.123. The zero-order valence-electron chi connectivity index (χ0n) is 12.5. The fraction of sp³-hybridized carbons (Fsp3) is 0.562. The highest BCUT2D eigenvalue weighted by atomic mass is 32.2. The second kappa shape index (κ2) is 6.64. The number of benzene rings is 1. The van der Waals surface area contributed by atoms with Crippen LogP contribution in [-0.4, -0.2) is 30.0 Å². The summed E-state index contributed by atoms with van der Waals surface area (Å²) in [7, 11) is 0. The molecular formula is C16H24N2OS. The van der Waals surface area contributed by atoms with Gasteiger partial charge in [-0.15, -0.1) is 0 Å². The molecule has 4 heteroatoms. The van der Waals surface area contributed by atoms with E-state index < -0.39 is 0 Å². The van der Waals surface area contributed by atoms with Gasteiger partial charge in [0.05, 0.1) is 5.54 Å². The van der Waals surface area contributed by atoms with Crippen LogP contribution < -0.4 is 10.6 Å². The Hall–Kier alpha value is -1.00. The number of nitrogens with one attached hydrogen (secondary N) is 2. The Morgan fingerprint density at radius 1 is 1.50 bits per heavy atom. The maximum atomic E-state index is 12.2. The van der Waals surface area contributed by atoms with Crippen LogP contribution in [0, 0.1) is 6.92 Å². The summed E-state index contributed by atoms with van der Waals surface area (Å²) in [5.74, 6) is 2.29. The first-order valence-corrected chi connectivity index (χ1v) is 8.32. The average Bonchev–Trinajstić information content (AvgIpc) is 2.39. The van der Waals surface area contributed by atoms with Crippen molar-refractivity contribution >= 4 is 17.7 Å². The first-order valence-electron chi connectivity index (χ1n) is 7.17. The van der Waals surface area contributed by atoms with Crippen LogP contribution in [0.5, 0.6) is 0 Å². The van der Waals surface area contributed by atoms with Gasteiger partial charge in [0, 0.05) is 30.5 Å². The molecule has 0 spiro atoms. The minimum atomic E-state index is -0.328. The van der Waals surface area contributed by atoms with Gasteiger partial charge in [-0.3, -0.25) is 4.79 Å². The van der Waals surface area contributed by atoms with Gasteiger partial charge in [0.25, 0.3) is 0 Å². The summed E-state index contributed by atoms with van der Waals surface area (Å²) in [6, 6.07) is 8.63. The molecule has 1 unspecified atom stereocenters. The van der Waals surface area contributed by atoms with Crippen molar-refractivity contribution < 1.29 is 4.79 Å². The Morgan fingerprint density at radius 3 is 2.95 bits per heavy atom. The molecule has 1 atom stereocenters. The van der Waals surface area contributed by atoms with E-state index in [2.05, 4.69) is 49.6 Å². The summed E-state index contributed by atoms with van der Waals surface area (Å²) in [4.78, 5) is 12.2. The first kappa shape index (κ1) is 15.4. The molecule has 0 saturated carbocycles. The summed E-state index contributed by atoms with van der Waals surface area (Å²) in [5, 5.41) is 6.56. The molecule has 1 amide bonds. The second-order valence-electron chi connectivity index (χ2n) is 5.97. The third-order valence-corrected chi connectivity index (χ3v) is 4.75. The molecule has 1 aliphatic rings. The van der Waals surface area contributed by atoms with E-state index in [9.17, 15) is 4.79 Å². The van der Waals surface area contributed by atoms with Crippen molar-refractivity contribution in [2.75, 3.05) is 18.1 Å². The van der Waals surface area contributed by atoms with Crippen molar-refractivity contribution in [2.45, 2.75) is 38.8 Å². The van der Waals surface area contributed by atoms with E-state index in [1.807, 2.05) is 17.8 Å². The monoisotopic (exact) mass is 292 g/mol. The van der Waals surface area contributed by atoms with Crippen LogP contribution in [0.25, 0.3) is 0 Å². The maximum Gasteiger partial charge on any atom is 0.222 e. The van der Waals surface area contributed by atoms with Gasteiger partial charge in [-0.2, -0.15) is 11.8 Å². The summed E-state index contributed by atoms with van der Waals surface area (Å²) in [6.07, 6.45) is 0.558. The fourth-order valence-electron chi connectivity index (χ4n) is 2.48. The lowest BCUT2D eigenvalue weighted by atomic mass is 9.92. The quantitative estimate of drug-likeness (QED) is 0.895. The topological polar surface area (TPSA) is 41.1 Å². The van der Waals surface area contributed by atoms with E-state index >= 15 is 0 Å². The number of thioether (sulfide) groups is 1. The van der Waals surface area contributed by atoms with Crippen molar-refractivity contribution in [3.05, 3.63) is 35.4 Å². The Morgan fingerprint density at radius 2 is 2.30 bits per heavy atom. The van der Waals surface area contributed by atoms with E-state index in [1.165, 1.54) is 5.56 Å². The SMILES string of the molecule is Cc1cccc(C(C)(C)NC(=O)CC2CSCCN2)c1. The van der Waals surface area contributed by atoms with Gasteiger partial charge in [0.15, 0.2) is 0 Å². The predicted octanol–water partition coefficient (Wildman–Crippen LogP) is 2.44. The van der Waals surface area contributed by atoms with Gasteiger partial charge in [-0.25, -0.2) is 0 Å². The number of carbonyl (C=O) groups excluding carboxylic acids is 1. The molecule has 2 N–H and O–H groups in total. The number of aryl methyl sites for hydroxylation is 1. The van der Waals surface area contributed by atoms with Crippen LogP contribution in [0.3, 0.4) is 0 Å². The molecule has 0 radical (unpaired) electrons. The van der Waals surface area contributed by atoms with Gasteiger partial charge in [0.2, 0.25) is 5.91 Å². The van der Waals surface area contributed by atoms with Crippen molar-refractivity contribution in [2.24, 2.45) is 0 Å². The van der Waals surface area contributed by atoms with Crippen LogP contribution in [0.4, 0.5) is 0 Å². The molecule has 1 aliphatic heterocycles. The molecule has 0 bridgehead atoms. The Balaban J connectivity index is 1.94. The van der Waals surface area contributed by atoms with Crippen LogP contribution in [-0.2, 0) is 10.3 Å². The fourth-order valence-corrected chi connectivity index (χ4v) is 3.43. The number of rotatable bonds is 4. The first-order chi connectivity index (χ1) is 9.47. The average molecular weight is 292 g/mol. The van der Waals surface area contributed by atoms with Crippen molar-refractivity contribution in [3.8, 4) is 0 Å². The van der Waals surface area contributed by atoms with E-state index in [0.29, 0.717) is 12.5 Å². The predicted molar refractivity (Wildman–Crippen MR) is 86.1 cm³/mol. The minimum Gasteiger partial charge on any atom is -0.347 e. The lowest BCUT2D eigenvalue weighted by Crippen LogP contribution is -2.46. The summed E-state index contributed by atoms with van der Waals surface area (Å²) >= 11 is 1.92. The zero-order chi connectivity index (χ0) is 14.6. The van der Waals surface area contributed by atoms with Crippen LogP contribution in [0.1, 0.15) is 31.4 Å². The Kier molecular flexibility index (Phi) is 5.11. The molecule has 20 heavy (non-hydrogen) atoms. The third kappa shape index (κ3) is 4.25. The van der Waals surface area contributed by atoms with E-state index in [1.54, 1.807) is 0 Å². The molecule has 1 fully saturated rings. The Bertz CT molecular complexity index is 467. The molecule has 1 saturated heterocycles. The number of hydrogen-bond acceptors (Lipinski definition) is 3. The largest absolute Gasteiger partial charge is 0.347 e. The van der Waals surface area contributed by atoms with E-state index in [4.69, 9.17) is 0 Å². The van der Waals surface area contributed by atoms with Gasteiger partial charge in [-0.05, 0) is 26.3 Å². The third-order valence-electron chi connectivity index (χ3n) is 3.62. The van der Waals surface area contributed by atoms with Crippen LogP contribution in [0.15, 0.2) is 24.3 Å². The van der Waals surface area contributed by atoms with Crippen molar-refractivity contribution in [1.82, 2.24) is 10.6 Å². The number of carbonyl (C=O) groups is 1. The summed E-state index contributed by atoms with van der Waals surface area (Å²) in [5.41, 5.74) is 2.04. The molecular weight excluding hydrogens is 268 g/mol. The van der Waals surface area contributed by atoms with Gasteiger partial charge < -0.3 is 10.6 Å². The van der Waals surface area contributed by atoms with Gasteiger partial charge in [-0.1, -0.05) is 29.8 Å². The standard InChI is InChI=1S/C16H24N2OS/c1-12-5-4-6-13(9-12)16(2,3)18-15(19)10-14-11-20-8-7-17-14/h4-6,9,14,17H,7-8,10-11H2,1-3H3,(H,18,19). The van der Waals surface area contributed by atoms with E-state index in [0.717, 1.165) is 23.6 Å². The minimum absolute atomic E-state index is 0.122. The van der Waals surface area contributed by atoms with Crippen LogP contribution in [0.2, 0.25) is 0 Å². The second-order valence-corrected chi connectivity index (χ2v) is 7.12. The molecule has 0 aliphatic carbocycles. The lowest BCUT2D eigenvalue weighted by Gasteiger charge is -2.29. The number of hydrogen-bond donors (Lipinski definition) is 2. The van der Waals surface area contributed by atoms with Gasteiger partial charge in [0.1, 0.15) is 0 Å². The number of amides is 1. The van der Waals surface area contributed by atoms with E-state index in [-0.39, 0.29) is 11.4 Å².